The van der Waals surface area contributed by atoms with Crippen LogP contribution in [-0.4, -0.2) is 58.9 Å². The zero-order valence-corrected chi connectivity index (χ0v) is 17.7. The van der Waals surface area contributed by atoms with Crippen molar-refractivity contribution in [3.05, 3.63) is 59.2 Å². The van der Waals surface area contributed by atoms with E-state index in [0.29, 0.717) is 17.4 Å². The van der Waals surface area contributed by atoms with E-state index >= 15 is 0 Å². The summed E-state index contributed by atoms with van der Waals surface area (Å²) >= 11 is 0. The van der Waals surface area contributed by atoms with Crippen molar-refractivity contribution in [3.8, 4) is 0 Å². The summed E-state index contributed by atoms with van der Waals surface area (Å²) in [6.07, 6.45) is 7.38. The summed E-state index contributed by atoms with van der Waals surface area (Å²) in [4.78, 5) is 27.1. The van der Waals surface area contributed by atoms with Crippen molar-refractivity contribution in [1.82, 2.24) is 19.8 Å². The molecule has 4 rings (SSSR count). The van der Waals surface area contributed by atoms with E-state index in [1.165, 1.54) is 31.2 Å². The molecular weight excluding hydrogens is 360 g/mol. The van der Waals surface area contributed by atoms with Crippen LogP contribution < -0.4 is 0 Å². The monoisotopic (exact) mass is 392 g/mol. The summed E-state index contributed by atoms with van der Waals surface area (Å²) in [6, 6.07) is 10.4. The van der Waals surface area contributed by atoms with Crippen molar-refractivity contribution < 1.29 is 4.79 Å². The van der Waals surface area contributed by atoms with Gasteiger partial charge >= 0.3 is 0 Å². The van der Waals surface area contributed by atoms with Crippen LogP contribution in [0, 0.1) is 12.8 Å². The Kier molecular flexibility index (Phi) is 6.24. The number of amides is 1. The van der Waals surface area contributed by atoms with Gasteiger partial charge in [0.1, 0.15) is 5.82 Å². The largest absolute Gasteiger partial charge is 0.338 e. The topological polar surface area (TPSA) is 49.3 Å². The minimum atomic E-state index is 0.0778. The number of aromatic nitrogens is 2. The molecule has 1 saturated carbocycles. The maximum Gasteiger partial charge on any atom is 0.257 e. The highest BCUT2D eigenvalue weighted by atomic mass is 16.2. The van der Waals surface area contributed by atoms with Gasteiger partial charge in [-0.3, -0.25) is 4.79 Å². The Morgan fingerprint density at radius 3 is 2.69 bits per heavy atom. The fourth-order valence-corrected chi connectivity index (χ4v) is 4.32. The third kappa shape index (κ3) is 5.21. The maximum absolute atomic E-state index is 13.5. The Balaban J connectivity index is 1.50. The maximum atomic E-state index is 13.5. The molecule has 1 saturated heterocycles. The van der Waals surface area contributed by atoms with Gasteiger partial charge in [-0.2, -0.15) is 0 Å². The van der Waals surface area contributed by atoms with Gasteiger partial charge in [0.25, 0.3) is 5.91 Å². The molecule has 1 aromatic heterocycles. The van der Waals surface area contributed by atoms with Crippen LogP contribution in [-0.2, 0) is 6.42 Å². The number of piperidine rings is 1. The van der Waals surface area contributed by atoms with Gasteiger partial charge in [-0.15, -0.1) is 0 Å². The second-order valence-corrected chi connectivity index (χ2v) is 8.76. The van der Waals surface area contributed by atoms with Crippen molar-refractivity contribution in [2.75, 3.05) is 33.2 Å². The number of hydrogen-bond donors (Lipinski definition) is 0. The van der Waals surface area contributed by atoms with E-state index in [4.69, 9.17) is 0 Å². The number of carbonyl (C=O) groups excluding carboxylic acids is 1. The number of nitrogens with zero attached hydrogens (tertiary/aromatic N) is 4. The molecule has 2 fully saturated rings. The highest BCUT2D eigenvalue weighted by molar-refractivity contribution is 5.95. The smallest absolute Gasteiger partial charge is 0.257 e. The summed E-state index contributed by atoms with van der Waals surface area (Å²) in [5.74, 6) is 2.02. The normalized spacial score (nSPS) is 19.9. The van der Waals surface area contributed by atoms with Gasteiger partial charge in [-0.05, 0) is 64.1 Å². The van der Waals surface area contributed by atoms with Crippen LogP contribution in [0.4, 0.5) is 0 Å². The first-order valence-corrected chi connectivity index (χ1v) is 11.0. The third-order valence-electron chi connectivity index (χ3n) is 6.17. The molecular formula is C24H32N4O. The van der Waals surface area contributed by atoms with Gasteiger partial charge in [0, 0.05) is 31.7 Å². The molecule has 1 aromatic carbocycles. The van der Waals surface area contributed by atoms with Crippen LogP contribution in [0.25, 0.3) is 0 Å². The molecule has 0 radical (unpaired) electrons. The van der Waals surface area contributed by atoms with E-state index in [1.54, 1.807) is 6.20 Å². The molecule has 2 heterocycles. The number of aryl methyl sites for hydroxylation is 1. The average Bonchev–Trinajstić information content (AvgIpc) is 3.57. The summed E-state index contributed by atoms with van der Waals surface area (Å²) in [7, 11) is 2.18. The lowest BCUT2D eigenvalue weighted by Crippen LogP contribution is -2.42. The fraction of sp³-hybridized carbons (Fsp3) is 0.542. The molecule has 1 atom stereocenters. The van der Waals surface area contributed by atoms with Gasteiger partial charge in [0.2, 0.25) is 0 Å². The van der Waals surface area contributed by atoms with Gasteiger partial charge in [-0.1, -0.05) is 30.3 Å². The lowest BCUT2D eigenvalue weighted by molar-refractivity contribution is 0.0691. The second kappa shape index (κ2) is 9.04. The first-order valence-electron chi connectivity index (χ1n) is 11.0. The lowest BCUT2D eigenvalue weighted by Gasteiger charge is -2.34. The lowest BCUT2D eigenvalue weighted by atomic mass is 9.97. The minimum Gasteiger partial charge on any atom is -0.338 e. The predicted octanol–water partition coefficient (Wildman–Crippen LogP) is 3.69. The first-order chi connectivity index (χ1) is 14.1. The molecule has 0 bridgehead atoms. The summed E-state index contributed by atoms with van der Waals surface area (Å²) in [6.45, 7) is 5.70. The van der Waals surface area contributed by atoms with Crippen LogP contribution >= 0.6 is 0 Å². The van der Waals surface area contributed by atoms with E-state index in [1.807, 2.05) is 17.9 Å². The van der Waals surface area contributed by atoms with Crippen molar-refractivity contribution >= 4 is 5.91 Å². The Morgan fingerprint density at radius 1 is 1.21 bits per heavy atom. The fourth-order valence-electron chi connectivity index (χ4n) is 4.32. The summed E-state index contributed by atoms with van der Waals surface area (Å²) in [5, 5.41) is 0. The number of likely N-dealkylation sites (tertiary alicyclic amines) is 1. The van der Waals surface area contributed by atoms with E-state index in [2.05, 4.69) is 46.2 Å². The highest BCUT2D eigenvalue weighted by Gasteiger charge is 2.29. The Hall–Kier alpha value is -2.27. The second-order valence-electron chi connectivity index (χ2n) is 8.76. The zero-order chi connectivity index (χ0) is 20.2. The quantitative estimate of drug-likeness (QED) is 0.721. The SMILES string of the molecule is Cc1nc(C2CC2)ncc1C(=O)N(CCc1ccccc1)CC1CCCN(C)C1. The van der Waals surface area contributed by atoms with Crippen LogP contribution in [0.5, 0.6) is 0 Å². The van der Waals surface area contributed by atoms with Gasteiger partial charge in [-0.25, -0.2) is 9.97 Å². The van der Waals surface area contributed by atoms with Crippen LogP contribution in [0.3, 0.4) is 0 Å². The number of hydrogen-bond acceptors (Lipinski definition) is 4. The van der Waals surface area contributed by atoms with Crippen molar-refractivity contribution in [3.63, 3.8) is 0 Å². The molecule has 0 N–H and O–H groups in total. The summed E-state index contributed by atoms with van der Waals surface area (Å²) < 4.78 is 0. The van der Waals surface area contributed by atoms with Crippen molar-refractivity contribution in [2.45, 2.75) is 44.9 Å². The standard InChI is InChI=1S/C24H32N4O/c1-18-22(15-25-23(26-18)21-10-11-21)24(29)28(14-12-19-7-4-3-5-8-19)17-20-9-6-13-27(2)16-20/h3-5,7-8,15,20-21H,6,9-14,16-17H2,1-2H3. The van der Waals surface area contributed by atoms with Crippen molar-refractivity contribution in [1.29, 1.82) is 0 Å². The average molecular weight is 393 g/mol. The van der Waals surface area contributed by atoms with Crippen LogP contribution in [0.2, 0.25) is 0 Å². The molecule has 29 heavy (non-hydrogen) atoms. The van der Waals surface area contributed by atoms with Crippen LogP contribution in [0.15, 0.2) is 36.5 Å². The highest BCUT2D eigenvalue weighted by Crippen LogP contribution is 2.38. The zero-order valence-electron chi connectivity index (χ0n) is 17.7. The number of rotatable bonds is 7. The molecule has 5 heteroatoms. The van der Waals surface area contributed by atoms with Gasteiger partial charge in [0.05, 0.1) is 11.3 Å². The Bertz CT molecular complexity index is 834. The Morgan fingerprint density at radius 2 is 2.00 bits per heavy atom. The molecule has 1 unspecified atom stereocenters. The molecule has 2 aliphatic rings. The van der Waals surface area contributed by atoms with E-state index < -0.39 is 0 Å². The predicted molar refractivity (Wildman–Crippen MR) is 115 cm³/mol. The number of benzene rings is 1. The summed E-state index contributed by atoms with van der Waals surface area (Å²) in [5.41, 5.74) is 2.74. The minimum absolute atomic E-state index is 0.0778. The van der Waals surface area contributed by atoms with E-state index in [9.17, 15) is 4.79 Å². The molecule has 1 amide bonds. The molecule has 0 spiro atoms. The first kappa shape index (κ1) is 20.0. The van der Waals surface area contributed by atoms with E-state index in [0.717, 1.165) is 44.1 Å². The molecule has 154 valence electrons. The molecule has 2 aromatic rings. The van der Waals surface area contributed by atoms with Crippen LogP contribution in [0.1, 0.15) is 59.0 Å². The van der Waals surface area contributed by atoms with Gasteiger partial charge < -0.3 is 9.80 Å². The van der Waals surface area contributed by atoms with Crippen molar-refractivity contribution in [2.24, 2.45) is 5.92 Å². The van der Waals surface area contributed by atoms with E-state index in [-0.39, 0.29) is 5.91 Å². The Labute approximate surface area is 174 Å². The molecule has 1 aliphatic heterocycles. The third-order valence-corrected chi connectivity index (χ3v) is 6.17. The number of carbonyl (C=O) groups is 1. The van der Waals surface area contributed by atoms with Gasteiger partial charge in [0.15, 0.2) is 0 Å². The molecule has 5 nitrogen and oxygen atoms in total. The molecule has 1 aliphatic carbocycles.